The molecule has 124 valence electrons. The van der Waals surface area contributed by atoms with Crippen LogP contribution < -0.4 is 0 Å². The second-order valence-corrected chi connectivity index (χ2v) is 6.70. The second-order valence-electron chi connectivity index (χ2n) is 6.70. The van der Waals surface area contributed by atoms with Crippen molar-refractivity contribution in [1.29, 1.82) is 0 Å². The van der Waals surface area contributed by atoms with Gasteiger partial charge >= 0.3 is 7.12 Å². The van der Waals surface area contributed by atoms with E-state index in [0.29, 0.717) is 12.2 Å². The Labute approximate surface area is 134 Å². The molecule has 0 aliphatic carbocycles. The van der Waals surface area contributed by atoms with Crippen LogP contribution in [-0.4, -0.2) is 44.2 Å². The first-order valence-corrected chi connectivity index (χ1v) is 7.62. The van der Waals surface area contributed by atoms with Gasteiger partial charge in [0.2, 0.25) is 0 Å². The molecule has 1 fully saturated rings. The highest BCUT2D eigenvalue weighted by Gasteiger charge is 2.53. The van der Waals surface area contributed by atoms with Gasteiger partial charge in [0.05, 0.1) is 23.5 Å². The van der Waals surface area contributed by atoms with Crippen LogP contribution in [0.1, 0.15) is 33.4 Å². The lowest BCUT2D eigenvalue weighted by atomic mass is 9.87. The lowest BCUT2D eigenvalue weighted by Crippen LogP contribution is -2.41. The summed E-state index contributed by atoms with van der Waals surface area (Å²) < 4.78 is 29.3. The minimum absolute atomic E-state index is 0.0307. The summed E-state index contributed by atoms with van der Waals surface area (Å²) in [6.07, 6.45) is 4.89. The Hall–Kier alpha value is -1.64. The molecular weight excluding hydrogens is 300 g/mol. The van der Waals surface area contributed by atoms with E-state index in [9.17, 15) is 4.39 Å². The second kappa shape index (κ2) is 5.47. The normalized spacial score (nSPS) is 20.6. The van der Waals surface area contributed by atoms with E-state index in [1.54, 1.807) is 16.8 Å². The lowest BCUT2D eigenvalue weighted by molar-refractivity contribution is 0.00578. The van der Waals surface area contributed by atoms with Crippen molar-refractivity contribution in [3.8, 4) is 0 Å². The summed E-state index contributed by atoms with van der Waals surface area (Å²) in [7, 11) is -1.03. The van der Waals surface area contributed by atoms with E-state index in [1.807, 2.05) is 38.5 Å². The van der Waals surface area contributed by atoms with Crippen LogP contribution in [0.4, 0.5) is 4.39 Å². The molecule has 1 aliphatic heterocycles. The Morgan fingerprint density at radius 1 is 1.30 bits per heavy atom. The van der Waals surface area contributed by atoms with Gasteiger partial charge < -0.3 is 19.0 Å². The molecule has 6 nitrogen and oxygen atoms in total. The number of fused-ring (bicyclic) bond motifs is 1. The Kier molecular flexibility index (Phi) is 3.86. The van der Waals surface area contributed by atoms with Crippen molar-refractivity contribution in [2.75, 3.05) is 6.61 Å². The average molecular weight is 321 g/mol. The third-order valence-electron chi connectivity index (χ3n) is 4.52. The highest BCUT2D eigenvalue weighted by molar-refractivity contribution is 6.54. The first kappa shape index (κ1) is 16.2. The van der Waals surface area contributed by atoms with E-state index < -0.39 is 24.0 Å². The van der Waals surface area contributed by atoms with Crippen molar-refractivity contribution < 1.29 is 18.8 Å². The summed E-state index contributed by atoms with van der Waals surface area (Å²) in [5.74, 6) is 0. The molecule has 0 atom stereocenters. The summed E-state index contributed by atoms with van der Waals surface area (Å²) in [5, 5.41) is 13.3. The molecule has 0 amide bonds. The maximum absolute atomic E-state index is 14.5. The molecule has 3 heterocycles. The van der Waals surface area contributed by atoms with Crippen molar-refractivity contribution in [3.05, 3.63) is 29.9 Å². The first-order valence-electron chi connectivity index (χ1n) is 7.62. The fraction of sp³-hybridized carbons (Fsp3) is 0.533. The van der Waals surface area contributed by atoms with Crippen LogP contribution in [0.3, 0.4) is 0 Å². The minimum atomic E-state index is -1.03. The molecule has 0 saturated carbocycles. The third-order valence-corrected chi connectivity index (χ3v) is 4.52. The SMILES string of the molecule is CC1(C)OB(C(F)=Cc2cc3n(CCO)ccn3n2)OC1(C)C. The lowest BCUT2D eigenvalue weighted by Gasteiger charge is -2.32. The Morgan fingerprint density at radius 2 is 1.96 bits per heavy atom. The highest BCUT2D eigenvalue weighted by atomic mass is 19.1. The highest BCUT2D eigenvalue weighted by Crippen LogP contribution is 2.39. The molecule has 0 bridgehead atoms. The zero-order valence-electron chi connectivity index (χ0n) is 13.8. The van der Waals surface area contributed by atoms with Crippen molar-refractivity contribution in [2.24, 2.45) is 0 Å². The molecule has 1 N–H and O–H groups in total. The van der Waals surface area contributed by atoms with E-state index >= 15 is 0 Å². The predicted octanol–water partition coefficient (Wildman–Crippen LogP) is 2.07. The minimum Gasteiger partial charge on any atom is -0.398 e. The maximum Gasteiger partial charge on any atom is 0.525 e. The van der Waals surface area contributed by atoms with Crippen molar-refractivity contribution in [2.45, 2.75) is 45.4 Å². The van der Waals surface area contributed by atoms with E-state index in [0.717, 1.165) is 5.65 Å². The number of halogens is 1. The summed E-state index contributed by atoms with van der Waals surface area (Å²) in [5.41, 5.74) is -0.427. The van der Waals surface area contributed by atoms with Gasteiger partial charge in [-0.05, 0) is 33.8 Å². The maximum atomic E-state index is 14.5. The molecule has 1 aliphatic rings. The third kappa shape index (κ3) is 2.82. The molecule has 0 aromatic carbocycles. The van der Waals surface area contributed by atoms with Gasteiger partial charge in [0.1, 0.15) is 11.4 Å². The van der Waals surface area contributed by atoms with Crippen LogP contribution in [0.5, 0.6) is 0 Å². The topological polar surface area (TPSA) is 60.9 Å². The van der Waals surface area contributed by atoms with Gasteiger partial charge in [-0.25, -0.2) is 8.91 Å². The first-order chi connectivity index (χ1) is 10.7. The molecular formula is C15H21BFN3O3. The molecule has 0 unspecified atom stereocenters. The Bertz CT molecular complexity index is 734. The molecule has 3 rings (SSSR count). The summed E-state index contributed by atoms with van der Waals surface area (Å²) in [4.78, 5) is 0. The number of aliphatic hydroxyl groups excluding tert-OH is 1. The van der Waals surface area contributed by atoms with Crippen LogP contribution in [0.2, 0.25) is 0 Å². The van der Waals surface area contributed by atoms with Crippen LogP contribution in [0.15, 0.2) is 24.2 Å². The van der Waals surface area contributed by atoms with Gasteiger partial charge in [-0.2, -0.15) is 5.10 Å². The van der Waals surface area contributed by atoms with E-state index in [4.69, 9.17) is 14.4 Å². The number of aromatic nitrogens is 3. The molecule has 23 heavy (non-hydrogen) atoms. The predicted molar refractivity (Wildman–Crippen MR) is 85.4 cm³/mol. The van der Waals surface area contributed by atoms with E-state index in [2.05, 4.69) is 5.10 Å². The average Bonchev–Trinajstić information content (AvgIpc) is 3.04. The molecule has 1 saturated heterocycles. The molecule has 2 aromatic rings. The van der Waals surface area contributed by atoms with Gasteiger partial charge in [-0.1, -0.05) is 0 Å². The van der Waals surface area contributed by atoms with Crippen LogP contribution in [0, 0.1) is 0 Å². The summed E-state index contributed by atoms with van der Waals surface area (Å²) in [6.45, 7) is 8.01. The largest absolute Gasteiger partial charge is 0.525 e. The standard InChI is InChI=1S/C15H21BFN3O3/c1-14(2)15(3,4)23-16(22-14)12(17)9-11-10-13-19(7-8-21)5-6-20(13)18-11/h5-6,9-10,21H,7-8H2,1-4H3. The number of nitrogens with zero attached hydrogens (tertiary/aromatic N) is 3. The zero-order chi connectivity index (χ0) is 16.8. The number of aliphatic hydroxyl groups is 1. The number of imidazole rings is 1. The monoisotopic (exact) mass is 321 g/mol. The van der Waals surface area contributed by atoms with Gasteiger partial charge in [0, 0.05) is 25.0 Å². The molecule has 0 radical (unpaired) electrons. The Balaban J connectivity index is 1.84. The number of hydrogen-bond acceptors (Lipinski definition) is 4. The zero-order valence-corrected chi connectivity index (χ0v) is 13.8. The van der Waals surface area contributed by atoms with Crippen LogP contribution >= 0.6 is 0 Å². The van der Waals surface area contributed by atoms with E-state index in [-0.39, 0.29) is 6.61 Å². The van der Waals surface area contributed by atoms with Gasteiger partial charge in [0.15, 0.2) is 0 Å². The quantitative estimate of drug-likeness (QED) is 0.876. The van der Waals surface area contributed by atoms with Crippen molar-refractivity contribution in [3.63, 3.8) is 0 Å². The summed E-state index contributed by atoms with van der Waals surface area (Å²) in [6, 6.07) is 1.75. The van der Waals surface area contributed by atoms with Crippen molar-refractivity contribution in [1.82, 2.24) is 14.2 Å². The van der Waals surface area contributed by atoms with Crippen LogP contribution in [0.25, 0.3) is 11.7 Å². The smallest absolute Gasteiger partial charge is 0.398 e. The van der Waals surface area contributed by atoms with Gasteiger partial charge in [-0.3, -0.25) is 0 Å². The fourth-order valence-electron chi connectivity index (χ4n) is 2.48. The molecule has 8 heteroatoms. The van der Waals surface area contributed by atoms with E-state index in [1.165, 1.54) is 6.08 Å². The number of hydrogen-bond donors (Lipinski definition) is 1. The van der Waals surface area contributed by atoms with Crippen molar-refractivity contribution >= 4 is 18.8 Å². The molecule has 2 aromatic heterocycles. The van der Waals surface area contributed by atoms with Gasteiger partial charge in [0.25, 0.3) is 0 Å². The fourth-order valence-corrected chi connectivity index (χ4v) is 2.48. The molecule has 0 spiro atoms. The van der Waals surface area contributed by atoms with Crippen LogP contribution in [-0.2, 0) is 15.9 Å². The Morgan fingerprint density at radius 3 is 2.57 bits per heavy atom. The van der Waals surface area contributed by atoms with Gasteiger partial charge in [-0.15, -0.1) is 0 Å². The number of rotatable bonds is 4. The summed E-state index contributed by atoms with van der Waals surface area (Å²) >= 11 is 0.